The number of nitrogens with one attached hydrogen (secondary N) is 1. The van der Waals surface area contributed by atoms with Crippen LogP contribution in [0.5, 0.6) is 5.75 Å². The van der Waals surface area contributed by atoms with Gasteiger partial charge in [0.2, 0.25) is 0 Å². The fraction of sp³-hybridized carbons (Fsp3) is 0.250. The smallest absolute Gasteiger partial charge is 0.190 e. The van der Waals surface area contributed by atoms with E-state index in [1.807, 2.05) is 38.1 Å². The van der Waals surface area contributed by atoms with Gasteiger partial charge in [0.05, 0.1) is 7.11 Å². The number of aryl methyl sites for hydroxylation is 1. The molecule has 0 amide bonds. The van der Waals surface area contributed by atoms with Gasteiger partial charge in [-0.3, -0.25) is 0 Å². The Morgan fingerprint density at radius 1 is 1.29 bits per heavy atom. The first-order chi connectivity index (χ1) is 10.2. The molecule has 1 aromatic carbocycles. The maximum absolute atomic E-state index is 5.96. The number of benzene rings is 1. The minimum absolute atomic E-state index is 0.594. The van der Waals surface area contributed by atoms with E-state index in [0.29, 0.717) is 23.0 Å². The maximum atomic E-state index is 5.96. The number of hydrogen-bond donors (Lipinski definition) is 1. The number of nitrogens with zero attached hydrogens (tertiary/aromatic N) is 2. The van der Waals surface area contributed by atoms with Crippen LogP contribution in [-0.2, 0) is 0 Å². The number of furan rings is 1. The Labute approximate surface area is 123 Å². The fourth-order valence-electron chi connectivity index (χ4n) is 2.36. The number of ether oxygens (including phenoxy) is 1. The van der Waals surface area contributed by atoms with Gasteiger partial charge in [-0.25, -0.2) is 9.97 Å². The second-order valence-electron chi connectivity index (χ2n) is 4.74. The molecule has 0 aliphatic rings. The average Bonchev–Trinajstić information content (AvgIpc) is 2.93. The predicted octanol–water partition coefficient (Wildman–Crippen LogP) is 3.64. The standard InChI is InChI=1S/C16H17N3O2/c1-4-17-16-15(20-3)13(18-9-19-16)12-8-11-7-5-6-10(2)14(11)21-12/h5-9H,4H2,1-3H3,(H,17,18,19). The number of rotatable bonds is 4. The van der Waals surface area contributed by atoms with Gasteiger partial charge in [-0.15, -0.1) is 0 Å². The second kappa shape index (κ2) is 5.44. The van der Waals surface area contributed by atoms with Crippen LogP contribution in [0.2, 0.25) is 0 Å². The lowest BCUT2D eigenvalue weighted by Gasteiger charge is -2.10. The lowest BCUT2D eigenvalue weighted by Crippen LogP contribution is -2.04. The summed E-state index contributed by atoms with van der Waals surface area (Å²) in [6, 6.07) is 8.03. The first kappa shape index (κ1) is 13.4. The Morgan fingerprint density at radius 2 is 2.14 bits per heavy atom. The van der Waals surface area contributed by atoms with Gasteiger partial charge in [0.15, 0.2) is 23.0 Å². The van der Waals surface area contributed by atoms with Gasteiger partial charge in [0, 0.05) is 11.9 Å². The van der Waals surface area contributed by atoms with Gasteiger partial charge < -0.3 is 14.5 Å². The van der Waals surface area contributed by atoms with Crippen molar-refractivity contribution >= 4 is 16.8 Å². The highest BCUT2D eigenvalue weighted by Gasteiger charge is 2.17. The Bertz CT molecular complexity index is 780. The van der Waals surface area contributed by atoms with Gasteiger partial charge in [0.25, 0.3) is 0 Å². The van der Waals surface area contributed by atoms with E-state index < -0.39 is 0 Å². The third-order valence-corrected chi connectivity index (χ3v) is 3.33. The molecule has 0 unspecified atom stereocenters. The number of aromatic nitrogens is 2. The second-order valence-corrected chi connectivity index (χ2v) is 4.74. The first-order valence-corrected chi connectivity index (χ1v) is 6.87. The summed E-state index contributed by atoms with van der Waals surface area (Å²) in [6.07, 6.45) is 1.51. The van der Waals surface area contributed by atoms with Crippen molar-refractivity contribution in [2.75, 3.05) is 19.0 Å². The number of hydrogen-bond acceptors (Lipinski definition) is 5. The monoisotopic (exact) mass is 283 g/mol. The van der Waals surface area contributed by atoms with Gasteiger partial charge in [0.1, 0.15) is 11.9 Å². The molecular formula is C16H17N3O2. The van der Waals surface area contributed by atoms with Crippen LogP contribution in [0.25, 0.3) is 22.4 Å². The van der Waals surface area contributed by atoms with Gasteiger partial charge in [-0.2, -0.15) is 0 Å². The Kier molecular flexibility index (Phi) is 3.48. The minimum atomic E-state index is 0.594. The van der Waals surface area contributed by atoms with Gasteiger partial charge >= 0.3 is 0 Å². The third-order valence-electron chi connectivity index (χ3n) is 3.33. The van der Waals surface area contributed by atoms with E-state index in [4.69, 9.17) is 9.15 Å². The molecule has 108 valence electrons. The Balaban J connectivity index is 2.18. The summed E-state index contributed by atoms with van der Waals surface area (Å²) in [5.41, 5.74) is 2.62. The molecule has 0 radical (unpaired) electrons. The average molecular weight is 283 g/mol. The van der Waals surface area contributed by atoms with Crippen LogP contribution in [0.15, 0.2) is 35.0 Å². The zero-order valence-corrected chi connectivity index (χ0v) is 12.3. The molecule has 1 N–H and O–H groups in total. The number of para-hydroxylation sites is 1. The molecule has 2 heterocycles. The summed E-state index contributed by atoms with van der Waals surface area (Å²) in [5, 5.41) is 4.22. The SMILES string of the molecule is CCNc1ncnc(-c2cc3cccc(C)c3o2)c1OC. The molecule has 0 bridgehead atoms. The predicted molar refractivity (Wildman–Crippen MR) is 82.7 cm³/mol. The van der Waals surface area contributed by atoms with Crippen LogP contribution >= 0.6 is 0 Å². The topological polar surface area (TPSA) is 60.2 Å². The molecule has 5 nitrogen and oxygen atoms in total. The largest absolute Gasteiger partial charge is 0.491 e. The first-order valence-electron chi connectivity index (χ1n) is 6.87. The third kappa shape index (κ3) is 2.31. The highest BCUT2D eigenvalue weighted by atomic mass is 16.5. The lowest BCUT2D eigenvalue weighted by molar-refractivity contribution is 0.413. The molecule has 0 fully saturated rings. The number of methoxy groups -OCH3 is 1. The summed E-state index contributed by atoms with van der Waals surface area (Å²) >= 11 is 0. The lowest BCUT2D eigenvalue weighted by atomic mass is 10.2. The molecular weight excluding hydrogens is 266 g/mol. The van der Waals surface area contributed by atoms with E-state index in [9.17, 15) is 0 Å². The van der Waals surface area contributed by atoms with Gasteiger partial charge in [-0.05, 0) is 25.5 Å². The minimum Gasteiger partial charge on any atom is -0.491 e. The van der Waals surface area contributed by atoms with Crippen molar-refractivity contribution in [3.8, 4) is 17.2 Å². The van der Waals surface area contributed by atoms with Crippen molar-refractivity contribution in [1.29, 1.82) is 0 Å². The van der Waals surface area contributed by atoms with Crippen LogP contribution in [0.4, 0.5) is 5.82 Å². The van der Waals surface area contributed by atoms with E-state index in [2.05, 4.69) is 15.3 Å². The zero-order valence-electron chi connectivity index (χ0n) is 12.3. The van der Waals surface area contributed by atoms with Crippen molar-refractivity contribution in [1.82, 2.24) is 9.97 Å². The highest BCUT2D eigenvalue weighted by Crippen LogP contribution is 2.36. The summed E-state index contributed by atoms with van der Waals surface area (Å²) in [4.78, 5) is 8.53. The molecule has 0 spiro atoms. The number of fused-ring (bicyclic) bond motifs is 1. The van der Waals surface area contributed by atoms with Crippen LogP contribution < -0.4 is 10.1 Å². The van der Waals surface area contributed by atoms with Crippen molar-refractivity contribution < 1.29 is 9.15 Å². The molecule has 0 aliphatic heterocycles. The van der Waals surface area contributed by atoms with Crippen LogP contribution in [0, 0.1) is 6.92 Å². The molecule has 0 saturated carbocycles. The Hall–Kier alpha value is -2.56. The summed E-state index contributed by atoms with van der Waals surface area (Å²) in [5.74, 6) is 1.94. The van der Waals surface area contributed by atoms with Crippen molar-refractivity contribution in [2.24, 2.45) is 0 Å². The molecule has 3 rings (SSSR count). The normalized spacial score (nSPS) is 10.8. The summed E-state index contributed by atoms with van der Waals surface area (Å²) in [7, 11) is 1.61. The maximum Gasteiger partial charge on any atom is 0.190 e. The number of anilines is 1. The van der Waals surface area contributed by atoms with E-state index >= 15 is 0 Å². The Morgan fingerprint density at radius 3 is 2.86 bits per heavy atom. The van der Waals surface area contributed by atoms with E-state index in [-0.39, 0.29) is 0 Å². The zero-order chi connectivity index (χ0) is 14.8. The molecule has 0 atom stereocenters. The van der Waals surface area contributed by atoms with Crippen molar-refractivity contribution in [2.45, 2.75) is 13.8 Å². The fourth-order valence-corrected chi connectivity index (χ4v) is 2.36. The summed E-state index contributed by atoms with van der Waals surface area (Å²) < 4.78 is 11.4. The quantitative estimate of drug-likeness (QED) is 0.792. The van der Waals surface area contributed by atoms with Crippen molar-refractivity contribution in [3.63, 3.8) is 0 Å². The summed E-state index contributed by atoms with van der Waals surface area (Å²) in [6.45, 7) is 4.79. The molecule has 2 aromatic heterocycles. The van der Waals surface area contributed by atoms with E-state index in [0.717, 1.165) is 23.1 Å². The molecule has 5 heteroatoms. The van der Waals surface area contributed by atoms with E-state index in [1.54, 1.807) is 7.11 Å². The molecule has 0 aliphatic carbocycles. The van der Waals surface area contributed by atoms with Crippen LogP contribution in [0.3, 0.4) is 0 Å². The molecule has 3 aromatic rings. The van der Waals surface area contributed by atoms with Crippen LogP contribution in [0.1, 0.15) is 12.5 Å². The van der Waals surface area contributed by atoms with Gasteiger partial charge in [-0.1, -0.05) is 18.2 Å². The molecule has 0 saturated heterocycles. The molecule has 21 heavy (non-hydrogen) atoms. The van der Waals surface area contributed by atoms with E-state index in [1.165, 1.54) is 6.33 Å². The highest BCUT2D eigenvalue weighted by molar-refractivity contribution is 5.86. The van der Waals surface area contributed by atoms with Crippen molar-refractivity contribution in [3.05, 3.63) is 36.2 Å². The van der Waals surface area contributed by atoms with Crippen LogP contribution in [-0.4, -0.2) is 23.6 Å².